The van der Waals surface area contributed by atoms with Crippen LogP contribution in [-0.2, 0) is 16.3 Å². The van der Waals surface area contributed by atoms with E-state index in [-0.39, 0.29) is 34.1 Å². The van der Waals surface area contributed by atoms with Crippen LogP contribution in [0.2, 0.25) is 5.02 Å². The van der Waals surface area contributed by atoms with E-state index in [2.05, 4.69) is 5.32 Å². The Hall–Kier alpha value is -1.76. The van der Waals surface area contributed by atoms with Gasteiger partial charge in [0.1, 0.15) is 0 Å². The molecule has 0 saturated heterocycles. The SMILES string of the molecule is CC(C)CS(=O)(=O)c1ccc(C2CNCCc3c2cc(O)c(O)c3Cl)cc1. The van der Waals surface area contributed by atoms with Crippen LogP contribution in [0.25, 0.3) is 0 Å². The van der Waals surface area contributed by atoms with Crippen molar-refractivity contribution in [1.29, 1.82) is 0 Å². The van der Waals surface area contributed by atoms with Crippen LogP contribution in [0, 0.1) is 5.92 Å². The average Bonchev–Trinajstić information content (AvgIpc) is 2.81. The molecule has 0 aliphatic carbocycles. The molecule has 2 aromatic carbocycles. The van der Waals surface area contributed by atoms with Gasteiger partial charge in [0.15, 0.2) is 21.3 Å². The Bertz CT molecular complexity index is 939. The van der Waals surface area contributed by atoms with Crippen LogP contribution in [0.4, 0.5) is 0 Å². The van der Waals surface area contributed by atoms with E-state index in [1.807, 2.05) is 26.0 Å². The van der Waals surface area contributed by atoms with Crippen LogP contribution in [0.3, 0.4) is 0 Å². The zero-order valence-electron chi connectivity index (χ0n) is 15.4. The third kappa shape index (κ3) is 4.08. The second kappa shape index (κ2) is 7.70. The lowest BCUT2D eigenvalue weighted by Gasteiger charge is -2.20. The maximum atomic E-state index is 12.4. The van der Waals surface area contributed by atoms with Gasteiger partial charge < -0.3 is 15.5 Å². The van der Waals surface area contributed by atoms with E-state index in [1.165, 1.54) is 0 Å². The molecule has 0 radical (unpaired) electrons. The second-order valence-electron chi connectivity index (χ2n) is 7.38. The zero-order chi connectivity index (χ0) is 19.8. The summed E-state index contributed by atoms with van der Waals surface area (Å²) < 4.78 is 24.8. The number of fused-ring (bicyclic) bond motifs is 1. The number of phenols is 2. The minimum absolute atomic E-state index is 0.0606. The molecule has 0 aromatic heterocycles. The molecule has 1 aliphatic heterocycles. The highest BCUT2D eigenvalue weighted by Gasteiger charge is 2.26. The Morgan fingerprint density at radius 3 is 2.52 bits per heavy atom. The smallest absolute Gasteiger partial charge is 0.178 e. The Morgan fingerprint density at radius 1 is 1.22 bits per heavy atom. The number of benzene rings is 2. The summed E-state index contributed by atoms with van der Waals surface area (Å²) in [5, 5.41) is 23.5. The van der Waals surface area contributed by atoms with Crippen LogP contribution in [0.1, 0.15) is 36.5 Å². The van der Waals surface area contributed by atoms with Gasteiger partial charge in [-0.15, -0.1) is 0 Å². The van der Waals surface area contributed by atoms with Crippen LogP contribution >= 0.6 is 11.6 Å². The standard InChI is InChI=1S/C20H24ClNO4S/c1-12(2)11-27(25,26)14-5-3-13(4-6-14)17-10-22-8-7-15-16(17)9-18(23)20(24)19(15)21/h3-6,9,12,17,22-24H,7-8,10-11H2,1-2H3. The van der Waals surface area contributed by atoms with E-state index in [1.54, 1.807) is 18.2 Å². The van der Waals surface area contributed by atoms with E-state index >= 15 is 0 Å². The predicted molar refractivity (Wildman–Crippen MR) is 107 cm³/mol. The molecule has 1 atom stereocenters. The van der Waals surface area contributed by atoms with Gasteiger partial charge in [0.05, 0.1) is 15.7 Å². The Morgan fingerprint density at radius 2 is 1.89 bits per heavy atom. The molecule has 0 bridgehead atoms. The third-order valence-electron chi connectivity index (χ3n) is 4.83. The molecule has 5 nitrogen and oxygen atoms in total. The molecule has 1 unspecified atom stereocenters. The summed E-state index contributed by atoms with van der Waals surface area (Å²) in [5.74, 6) is -0.477. The van der Waals surface area contributed by atoms with Gasteiger partial charge in [-0.25, -0.2) is 8.42 Å². The van der Waals surface area contributed by atoms with Gasteiger partial charge in [0.2, 0.25) is 0 Å². The van der Waals surface area contributed by atoms with Gasteiger partial charge in [0.25, 0.3) is 0 Å². The van der Waals surface area contributed by atoms with Crippen molar-refractivity contribution in [2.45, 2.75) is 31.1 Å². The van der Waals surface area contributed by atoms with Gasteiger partial charge >= 0.3 is 0 Å². The fourth-order valence-corrected chi connectivity index (χ4v) is 5.48. The number of sulfone groups is 1. The van der Waals surface area contributed by atoms with Crippen molar-refractivity contribution in [2.24, 2.45) is 5.92 Å². The molecule has 0 amide bonds. The van der Waals surface area contributed by atoms with Crippen molar-refractivity contribution in [3.63, 3.8) is 0 Å². The Kier molecular flexibility index (Phi) is 5.70. The quantitative estimate of drug-likeness (QED) is 0.673. The zero-order valence-corrected chi connectivity index (χ0v) is 16.9. The number of nitrogens with one attached hydrogen (secondary N) is 1. The fourth-order valence-electron chi connectivity index (χ4n) is 3.56. The first-order valence-electron chi connectivity index (χ1n) is 8.97. The predicted octanol–water partition coefficient (Wildman–Crippen LogP) is 3.46. The third-order valence-corrected chi connectivity index (χ3v) is 7.33. The maximum Gasteiger partial charge on any atom is 0.178 e. The fraction of sp³-hybridized carbons (Fsp3) is 0.400. The van der Waals surface area contributed by atoms with E-state index in [9.17, 15) is 18.6 Å². The number of phenolic OH excluding ortho intramolecular Hbond substituents is 2. The Balaban J connectivity index is 2.01. The highest BCUT2D eigenvalue weighted by Crippen LogP contribution is 2.42. The van der Waals surface area contributed by atoms with Crippen molar-refractivity contribution in [2.75, 3.05) is 18.8 Å². The molecule has 3 N–H and O–H groups in total. The van der Waals surface area contributed by atoms with Crippen LogP contribution in [0.15, 0.2) is 35.2 Å². The summed E-state index contributed by atoms with van der Waals surface area (Å²) in [6, 6.07) is 8.45. The summed E-state index contributed by atoms with van der Waals surface area (Å²) >= 11 is 6.26. The molecule has 146 valence electrons. The first kappa shape index (κ1) is 20.0. The minimum atomic E-state index is -3.30. The van der Waals surface area contributed by atoms with Crippen LogP contribution in [-0.4, -0.2) is 37.5 Å². The molecular weight excluding hydrogens is 386 g/mol. The molecule has 7 heteroatoms. The summed E-state index contributed by atoms with van der Waals surface area (Å²) in [4.78, 5) is 0.313. The molecule has 2 aromatic rings. The van der Waals surface area contributed by atoms with E-state index in [0.29, 0.717) is 24.4 Å². The van der Waals surface area contributed by atoms with E-state index in [0.717, 1.165) is 16.7 Å². The van der Waals surface area contributed by atoms with Crippen LogP contribution in [0.5, 0.6) is 11.5 Å². The summed E-state index contributed by atoms with van der Waals surface area (Å²) in [5.41, 5.74) is 2.58. The molecule has 1 heterocycles. The molecule has 27 heavy (non-hydrogen) atoms. The normalized spacial score (nSPS) is 17.6. The van der Waals surface area contributed by atoms with E-state index in [4.69, 9.17) is 11.6 Å². The largest absolute Gasteiger partial charge is 0.504 e. The molecule has 1 aliphatic rings. The highest BCUT2D eigenvalue weighted by atomic mass is 35.5. The molecular formula is C20H24ClNO4S. The number of hydrogen-bond donors (Lipinski definition) is 3. The monoisotopic (exact) mass is 409 g/mol. The van der Waals surface area contributed by atoms with Gasteiger partial charge in [0, 0.05) is 12.5 Å². The topological polar surface area (TPSA) is 86.6 Å². The Labute approximate surface area is 164 Å². The van der Waals surface area contributed by atoms with Gasteiger partial charge in [-0.2, -0.15) is 0 Å². The van der Waals surface area contributed by atoms with Crippen molar-refractivity contribution in [3.05, 3.63) is 52.0 Å². The minimum Gasteiger partial charge on any atom is -0.504 e. The van der Waals surface area contributed by atoms with Gasteiger partial charge in [-0.1, -0.05) is 37.6 Å². The lowest BCUT2D eigenvalue weighted by molar-refractivity contribution is 0.402. The summed E-state index contributed by atoms with van der Waals surface area (Å²) in [6.07, 6.45) is 0.638. The molecule has 0 saturated carbocycles. The maximum absolute atomic E-state index is 12.4. The van der Waals surface area contributed by atoms with Crippen molar-refractivity contribution < 1.29 is 18.6 Å². The van der Waals surface area contributed by atoms with E-state index < -0.39 is 9.84 Å². The molecule has 3 rings (SSSR count). The van der Waals surface area contributed by atoms with Gasteiger partial charge in [-0.05, 0) is 53.8 Å². The van der Waals surface area contributed by atoms with Gasteiger partial charge in [-0.3, -0.25) is 0 Å². The summed E-state index contributed by atoms with van der Waals surface area (Å²) in [6.45, 7) is 5.09. The average molecular weight is 410 g/mol. The first-order valence-corrected chi connectivity index (χ1v) is 11.0. The highest BCUT2D eigenvalue weighted by molar-refractivity contribution is 7.91. The van der Waals surface area contributed by atoms with Crippen molar-refractivity contribution >= 4 is 21.4 Å². The second-order valence-corrected chi connectivity index (χ2v) is 9.79. The summed E-state index contributed by atoms with van der Waals surface area (Å²) in [7, 11) is -3.30. The lowest BCUT2D eigenvalue weighted by atomic mass is 9.87. The molecule has 0 spiro atoms. The number of halogens is 1. The number of hydrogen-bond acceptors (Lipinski definition) is 5. The number of aromatic hydroxyl groups is 2. The van der Waals surface area contributed by atoms with Crippen molar-refractivity contribution in [3.8, 4) is 11.5 Å². The van der Waals surface area contributed by atoms with Crippen molar-refractivity contribution in [1.82, 2.24) is 5.32 Å². The molecule has 0 fully saturated rings. The number of rotatable bonds is 4. The first-order chi connectivity index (χ1) is 12.7. The van der Waals surface area contributed by atoms with Crippen LogP contribution < -0.4 is 5.32 Å². The lowest BCUT2D eigenvalue weighted by Crippen LogP contribution is -2.21.